The number of hydrogen-bond acceptors (Lipinski definition) is 1. The maximum atomic E-state index is 4.13. The van der Waals surface area contributed by atoms with Gasteiger partial charge in [-0.05, 0) is 40.5 Å². The second-order valence-electron chi connectivity index (χ2n) is 2.66. The van der Waals surface area contributed by atoms with Crippen LogP contribution < -0.4 is 0 Å². The molecule has 62 valence electrons. The van der Waals surface area contributed by atoms with Crippen LogP contribution in [0, 0.1) is 6.92 Å². The highest BCUT2D eigenvalue weighted by Crippen LogP contribution is 2.27. The third-order valence-electron chi connectivity index (χ3n) is 1.79. The topological polar surface area (TPSA) is 28.7 Å². The standard InChI is InChI=1S/C8H6Br2N2/c1-4-2-7-5(3-6(4)9)8(10)12-11-7/h2-3H,1H3,(H,11,12). The number of halogens is 2. The second kappa shape index (κ2) is 2.85. The van der Waals surface area contributed by atoms with E-state index in [0.29, 0.717) is 0 Å². The van der Waals surface area contributed by atoms with Gasteiger partial charge in [0.05, 0.1) is 5.52 Å². The fourth-order valence-electron chi connectivity index (χ4n) is 1.10. The average molecular weight is 290 g/mol. The van der Waals surface area contributed by atoms with E-state index in [4.69, 9.17) is 0 Å². The smallest absolute Gasteiger partial charge is 0.108 e. The van der Waals surface area contributed by atoms with Gasteiger partial charge in [0.1, 0.15) is 4.60 Å². The molecule has 2 nitrogen and oxygen atoms in total. The van der Waals surface area contributed by atoms with Gasteiger partial charge in [0.25, 0.3) is 0 Å². The molecule has 0 fully saturated rings. The highest BCUT2D eigenvalue weighted by molar-refractivity contribution is 9.11. The monoisotopic (exact) mass is 288 g/mol. The Morgan fingerprint density at radius 1 is 1.33 bits per heavy atom. The summed E-state index contributed by atoms with van der Waals surface area (Å²) in [4.78, 5) is 0. The molecular formula is C8H6Br2N2. The summed E-state index contributed by atoms with van der Waals surface area (Å²) < 4.78 is 2.04. The first kappa shape index (κ1) is 8.26. The zero-order valence-electron chi connectivity index (χ0n) is 6.36. The van der Waals surface area contributed by atoms with E-state index in [1.54, 1.807) is 0 Å². The molecule has 0 spiro atoms. The molecule has 0 bridgehead atoms. The maximum Gasteiger partial charge on any atom is 0.108 e. The van der Waals surface area contributed by atoms with Crippen LogP contribution in [0.1, 0.15) is 5.56 Å². The van der Waals surface area contributed by atoms with E-state index in [0.717, 1.165) is 20.0 Å². The molecule has 2 aromatic rings. The molecule has 1 aromatic carbocycles. The lowest BCUT2D eigenvalue weighted by Crippen LogP contribution is -1.75. The molecule has 2 rings (SSSR count). The number of benzene rings is 1. The normalized spacial score (nSPS) is 10.9. The van der Waals surface area contributed by atoms with Crippen molar-refractivity contribution >= 4 is 42.8 Å². The molecule has 1 heterocycles. The summed E-state index contributed by atoms with van der Waals surface area (Å²) >= 11 is 6.86. The second-order valence-corrected chi connectivity index (χ2v) is 4.30. The van der Waals surface area contributed by atoms with Crippen LogP contribution in [0.5, 0.6) is 0 Å². The van der Waals surface area contributed by atoms with Gasteiger partial charge in [-0.3, -0.25) is 5.10 Å². The Kier molecular flexibility index (Phi) is 1.96. The summed E-state index contributed by atoms with van der Waals surface area (Å²) in [6.07, 6.45) is 0. The molecule has 1 N–H and O–H groups in total. The van der Waals surface area contributed by atoms with Crippen LogP contribution in [0.2, 0.25) is 0 Å². The molecule has 0 atom stereocenters. The Hall–Kier alpha value is -0.350. The van der Waals surface area contributed by atoms with Crippen LogP contribution >= 0.6 is 31.9 Å². The van der Waals surface area contributed by atoms with Gasteiger partial charge in [-0.15, -0.1) is 0 Å². The first-order valence-electron chi connectivity index (χ1n) is 3.48. The van der Waals surface area contributed by atoms with Crippen molar-refractivity contribution in [3.8, 4) is 0 Å². The number of aryl methyl sites for hydroxylation is 1. The van der Waals surface area contributed by atoms with Crippen LogP contribution in [-0.4, -0.2) is 10.2 Å². The van der Waals surface area contributed by atoms with Gasteiger partial charge in [0, 0.05) is 9.86 Å². The zero-order chi connectivity index (χ0) is 8.72. The van der Waals surface area contributed by atoms with Crippen LogP contribution in [0.15, 0.2) is 21.2 Å². The number of aromatic nitrogens is 2. The van der Waals surface area contributed by atoms with Crippen LogP contribution in [-0.2, 0) is 0 Å². The molecule has 0 unspecified atom stereocenters. The summed E-state index contributed by atoms with van der Waals surface area (Å²) in [6, 6.07) is 4.10. The lowest BCUT2D eigenvalue weighted by atomic mass is 10.2. The van der Waals surface area contributed by atoms with Gasteiger partial charge in [-0.2, -0.15) is 5.10 Å². The highest BCUT2D eigenvalue weighted by atomic mass is 79.9. The molecule has 1 aromatic heterocycles. The minimum absolute atomic E-state index is 0.929. The third-order valence-corrected chi connectivity index (χ3v) is 3.25. The summed E-state index contributed by atoms with van der Waals surface area (Å²) in [5.74, 6) is 0. The van der Waals surface area contributed by atoms with Gasteiger partial charge >= 0.3 is 0 Å². The average Bonchev–Trinajstić information content (AvgIpc) is 2.35. The fourth-order valence-corrected chi connectivity index (χ4v) is 1.85. The van der Waals surface area contributed by atoms with Crippen molar-refractivity contribution in [1.29, 1.82) is 0 Å². The quantitative estimate of drug-likeness (QED) is 0.791. The van der Waals surface area contributed by atoms with Gasteiger partial charge < -0.3 is 0 Å². The number of fused-ring (bicyclic) bond motifs is 1. The molecular weight excluding hydrogens is 284 g/mol. The Morgan fingerprint density at radius 3 is 2.83 bits per heavy atom. The number of nitrogens with one attached hydrogen (secondary N) is 1. The highest BCUT2D eigenvalue weighted by Gasteiger charge is 2.04. The number of nitrogens with zero attached hydrogens (tertiary/aromatic N) is 1. The SMILES string of the molecule is Cc1cc2n[nH]c(Br)c2cc1Br. The van der Waals surface area contributed by atoms with Crippen molar-refractivity contribution in [3.63, 3.8) is 0 Å². The predicted molar refractivity (Wildman–Crippen MR) is 56.2 cm³/mol. The molecule has 0 aliphatic carbocycles. The van der Waals surface area contributed by atoms with Gasteiger partial charge in [0.2, 0.25) is 0 Å². The number of aromatic amines is 1. The van der Waals surface area contributed by atoms with Crippen molar-refractivity contribution in [2.75, 3.05) is 0 Å². The molecule has 0 aliphatic heterocycles. The minimum Gasteiger partial charge on any atom is -0.270 e. The summed E-state index contributed by atoms with van der Waals surface area (Å²) in [7, 11) is 0. The number of rotatable bonds is 0. The minimum atomic E-state index is 0.929. The van der Waals surface area contributed by atoms with E-state index < -0.39 is 0 Å². The van der Waals surface area contributed by atoms with E-state index >= 15 is 0 Å². The lowest BCUT2D eigenvalue weighted by Gasteiger charge is -1.96. The molecule has 0 radical (unpaired) electrons. The summed E-state index contributed by atoms with van der Waals surface area (Å²) in [5.41, 5.74) is 2.18. The van der Waals surface area contributed by atoms with Crippen molar-refractivity contribution in [3.05, 3.63) is 26.8 Å². The van der Waals surface area contributed by atoms with Crippen LogP contribution in [0.25, 0.3) is 10.9 Å². The Bertz CT molecular complexity index is 434. The molecule has 0 saturated heterocycles. The fraction of sp³-hybridized carbons (Fsp3) is 0.125. The van der Waals surface area contributed by atoms with E-state index in [1.807, 2.05) is 13.0 Å². The summed E-state index contributed by atoms with van der Waals surface area (Å²) in [6.45, 7) is 2.05. The predicted octanol–water partition coefficient (Wildman–Crippen LogP) is 3.40. The van der Waals surface area contributed by atoms with Gasteiger partial charge in [-0.25, -0.2) is 0 Å². The lowest BCUT2D eigenvalue weighted by molar-refractivity contribution is 1.09. The van der Waals surface area contributed by atoms with Crippen molar-refractivity contribution in [1.82, 2.24) is 10.2 Å². The number of H-pyrrole nitrogens is 1. The molecule has 0 saturated carbocycles. The van der Waals surface area contributed by atoms with E-state index in [9.17, 15) is 0 Å². The molecule has 12 heavy (non-hydrogen) atoms. The zero-order valence-corrected chi connectivity index (χ0v) is 9.53. The van der Waals surface area contributed by atoms with Gasteiger partial charge in [0.15, 0.2) is 0 Å². The van der Waals surface area contributed by atoms with E-state index in [1.165, 1.54) is 5.56 Å². The van der Waals surface area contributed by atoms with Crippen LogP contribution in [0.4, 0.5) is 0 Å². The molecule has 0 amide bonds. The van der Waals surface area contributed by atoms with Gasteiger partial charge in [-0.1, -0.05) is 15.9 Å². The third kappa shape index (κ3) is 1.19. The maximum absolute atomic E-state index is 4.13. The molecule has 4 heteroatoms. The largest absolute Gasteiger partial charge is 0.270 e. The van der Waals surface area contributed by atoms with Crippen LogP contribution in [0.3, 0.4) is 0 Å². The Balaban J connectivity index is 2.87. The van der Waals surface area contributed by atoms with Crippen molar-refractivity contribution < 1.29 is 0 Å². The van der Waals surface area contributed by atoms with E-state index in [2.05, 4.69) is 48.1 Å². The van der Waals surface area contributed by atoms with Crippen molar-refractivity contribution in [2.24, 2.45) is 0 Å². The van der Waals surface area contributed by atoms with Crippen molar-refractivity contribution in [2.45, 2.75) is 6.92 Å². The number of hydrogen-bond donors (Lipinski definition) is 1. The first-order valence-corrected chi connectivity index (χ1v) is 5.07. The molecule has 0 aliphatic rings. The first-order chi connectivity index (χ1) is 5.68. The van der Waals surface area contributed by atoms with E-state index in [-0.39, 0.29) is 0 Å². The Labute approximate surface area is 86.6 Å². The summed E-state index contributed by atoms with van der Waals surface area (Å²) in [5, 5.41) is 8.11. The Morgan fingerprint density at radius 2 is 2.08 bits per heavy atom.